The molecule has 0 fully saturated rings. The summed E-state index contributed by atoms with van der Waals surface area (Å²) in [6.07, 6.45) is 3.87. The van der Waals surface area contributed by atoms with E-state index in [2.05, 4.69) is 46.9 Å². The highest BCUT2D eigenvalue weighted by atomic mass is 16.4. The standard InChI is InChI=1S/C44H57N9O10/c1-6-25(4)38(43(61)52-36(44(62)63)18-28-21-46-31-15-11-10-14-30(28)31)53-42(60)32(16-24(2)3)49-41(59)35(20-37(55)56)51-40(58)34(19-29-22-45-23-47-29)50-39(57)33(48-26(5)54)17-27-12-8-7-9-13-27/h7-15,21-25,32-36,38,46H,6,16-20H2,1-5H3,(H,45,47)(H,48,54)(H,49,59)(H,50,57)(H,51,58)(H,52,61)(H,53,60)(H,55,56)(H,62,63)/t25-,32-,33+,34-,35-,36-,38-/m0/s1. The number of para-hydroxylation sites is 1. The number of hydrogen-bond donors (Lipinski definition) is 10. The van der Waals surface area contributed by atoms with Crippen LogP contribution in [0.1, 0.15) is 70.7 Å². The van der Waals surface area contributed by atoms with E-state index in [1.54, 1.807) is 64.2 Å². The molecule has 2 aromatic carbocycles. The van der Waals surface area contributed by atoms with Crippen LogP contribution >= 0.6 is 0 Å². The van der Waals surface area contributed by atoms with Crippen LogP contribution in [0.15, 0.2) is 73.3 Å². The second-order valence-corrected chi connectivity index (χ2v) is 16.0. The summed E-state index contributed by atoms with van der Waals surface area (Å²) in [5.41, 5.74) is 2.52. The average molecular weight is 872 g/mol. The Bertz CT molecular complexity index is 2210. The summed E-state index contributed by atoms with van der Waals surface area (Å²) < 4.78 is 0. The van der Waals surface area contributed by atoms with Gasteiger partial charge in [-0.15, -0.1) is 0 Å². The molecule has 2 aromatic heterocycles. The van der Waals surface area contributed by atoms with E-state index >= 15 is 0 Å². The van der Waals surface area contributed by atoms with E-state index < -0.39 is 96.0 Å². The Morgan fingerprint density at radius 1 is 0.651 bits per heavy atom. The van der Waals surface area contributed by atoms with Gasteiger partial charge in [-0.1, -0.05) is 82.6 Å². The van der Waals surface area contributed by atoms with Crippen molar-refractivity contribution in [3.8, 4) is 0 Å². The minimum absolute atomic E-state index is 0.0300. The first-order chi connectivity index (χ1) is 29.9. The maximum absolute atomic E-state index is 14.0. The number of hydrogen-bond acceptors (Lipinski definition) is 9. The molecule has 0 radical (unpaired) electrons. The summed E-state index contributed by atoms with van der Waals surface area (Å²) in [5, 5.41) is 36.1. The number of aliphatic carboxylic acids is 2. The molecule has 0 saturated carbocycles. The van der Waals surface area contributed by atoms with Crippen LogP contribution in [0.5, 0.6) is 0 Å². The lowest BCUT2D eigenvalue weighted by molar-refractivity contribution is -0.142. The summed E-state index contributed by atoms with van der Waals surface area (Å²) in [5.74, 6) is -8.23. The lowest BCUT2D eigenvalue weighted by Crippen LogP contribution is -2.61. The van der Waals surface area contributed by atoms with Crippen LogP contribution in [0, 0.1) is 11.8 Å². The van der Waals surface area contributed by atoms with Gasteiger partial charge >= 0.3 is 11.9 Å². The van der Waals surface area contributed by atoms with E-state index in [0.29, 0.717) is 17.7 Å². The Labute approximate surface area is 364 Å². The summed E-state index contributed by atoms with van der Waals surface area (Å²) >= 11 is 0. The molecule has 7 atom stereocenters. The van der Waals surface area contributed by atoms with Gasteiger partial charge < -0.3 is 52.1 Å². The van der Waals surface area contributed by atoms with Gasteiger partial charge in [0, 0.05) is 49.5 Å². The van der Waals surface area contributed by atoms with Gasteiger partial charge in [-0.25, -0.2) is 9.78 Å². The second kappa shape index (κ2) is 23.2. The lowest BCUT2D eigenvalue weighted by Gasteiger charge is -2.29. The lowest BCUT2D eigenvalue weighted by atomic mass is 9.96. The molecule has 19 heteroatoms. The quantitative estimate of drug-likeness (QED) is 0.0481. The number of H-pyrrole nitrogens is 2. The van der Waals surface area contributed by atoms with Crippen molar-refractivity contribution in [3.63, 3.8) is 0 Å². The van der Waals surface area contributed by atoms with Crippen LogP contribution in [0.3, 0.4) is 0 Å². The highest BCUT2D eigenvalue weighted by Crippen LogP contribution is 2.20. The molecular weight excluding hydrogens is 815 g/mol. The Balaban J connectivity index is 1.52. The fourth-order valence-electron chi connectivity index (χ4n) is 6.97. The van der Waals surface area contributed by atoms with Gasteiger partial charge in [0.2, 0.25) is 35.4 Å². The van der Waals surface area contributed by atoms with E-state index in [0.717, 1.165) is 16.5 Å². The first-order valence-corrected chi connectivity index (χ1v) is 20.8. The minimum Gasteiger partial charge on any atom is -0.481 e. The number of carbonyl (C=O) groups excluding carboxylic acids is 6. The number of carboxylic acid groups (broad SMARTS) is 2. The number of carboxylic acids is 2. The summed E-state index contributed by atoms with van der Waals surface area (Å²) in [6, 6.07) is 7.97. The third-order valence-electron chi connectivity index (χ3n) is 10.4. The van der Waals surface area contributed by atoms with Crippen molar-refractivity contribution in [1.82, 2.24) is 46.9 Å². The summed E-state index contributed by atoms with van der Waals surface area (Å²) in [4.78, 5) is 116. The molecule has 4 aromatic rings. The van der Waals surface area contributed by atoms with Crippen LogP contribution in [0.2, 0.25) is 0 Å². The molecule has 0 aliphatic carbocycles. The van der Waals surface area contributed by atoms with Crippen molar-refractivity contribution in [3.05, 3.63) is 90.1 Å². The van der Waals surface area contributed by atoms with Crippen molar-refractivity contribution >= 4 is 58.3 Å². The zero-order valence-corrected chi connectivity index (χ0v) is 35.9. The molecule has 338 valence electrons. The number of benzene rings is 2. The molecule has 19 nitrogen and oxygen atoms in total. The smallest absolute Gasteiger partial charge is 0.326 e. The number of aromatic nitrogens is 3. The van der Waals surface area contributed by atoms with Gasteiger partial charge in [-0.2, -0.15) is 0 Å². The van der Waals surface area contributed by atoms with E-state index in [4.69, 9.17) is 0 Å². The van der Waals surface area contributed by atoms with E-state index in [-0.39, 0.29) is 31.6 Å². The number of nitrogens with zero attached hydrogens (tertiary/aromatic N) is 1. The third-order valence-corrected chi connectivity index (χ3v) is 10.4. The van der Waals surface area contributed by atoms with Gasteiger partial charge in [0.25, 0.3) is 0 Å². The maximum atomic E-state index is 14.0. The Morgan fingerprint density at radius 3 is 1.84 bits per heavy atom. The van der Waals surface area contributed by atoms with Crippen molar-refractivity contribution in [2.45, 2.75) is 109 Å². The van der Waals surface area contributed by atoms with Gasteiger partial charge in [0.1, 0.15) is 36.3 Å². The summed E-state index contributed by atoms with van der Waals surface area (Å²) in [7, 11) is 0. The SMILES string of the molecule is CC[C@H](C)[C@H](NC(=O)[C@H](CC(C)C)NC(=O)[C@H](CC(=O)O)NC(=O)[C@H](Cc1c[nH]cn1)NC(=O)[C@@H](Cc1ccccc1)NC(C)=O)C(=O)N[C@@H](Cc1c[nH]c2ccccc12)C(=O)O. The molecule has 0 aliphatic rings. The predicted molar refractivity (Wildman–Crippen MR) is 230 cm³/mol. The highest BCUT2D eigenvalue weighted by molar-refractivity contribution is 5.98. The van der Waals surface area contributed by atoms with E-state index in [1.807, 2.05) is 24.3 Å². The Kier molecular flexibility index (Phi) is 17.9. The first kappa shape index (κ1) is 48.6. The minimum atomic E-state index is -1.75. The fourth-order valence-corrected chi connectivity index (χ4v) is 6.97. The molecule has 6 amide bonds. The maximum Gasteiger partial charge on any atom is 0.326 e. The topological polar surface area (TPSA) is 294 Å². The predicted octanol–water partition coefficient (Wildman–Crippen LogP) is 1.50. The monoisotopic (exact) mass is 871 g/mol. The highest BCUT2D eigenvalue weighted by Gasteiger charge is 2.36. The first-order valence-electron chi connectivity index (χ1n) is 20.8. The normalized spacial score (nSPS) is 14.5. The van der Waals surface area contributed by atoms with Gasteiger partial charge in [0.15, 0.2) is 0 Å². The van der Waals surface area contributed by atoms with Crippen LogP contribution in [0.25, 0.3) is 10.9 Å². The van der Waals surface area contributed by atoms with Crippen LogP contribution in [-0.4, -0.2) is 109 Å². The molecule has 4 rings (SSSR count). The van der Waals surface area contributed by atoms with Gasteiger partial charge in [-0.3, -0.25) is 33.6 Å². The number of carbonyl (C=O) groups is 8. The largest absolute Gasteiger partial charge is 0.481 e. The van der Waals surface area contributed by atoms with Crippen molar-refractivity contribution in [2.24, 2.45) is 11.8 Å². The number of nitrogens with one attached hydrogen (secondary N) is 8. The zero-order chi connectivity index (χ0) is 46.2. The number of amides is 6. The molecule has 2 heterocycles. The van der Waals surface area contributed by atoms with Crippen molar-refractivity contribution in [1.29, 1.82) is 0 Å². The van der Waals surface area contributed by atoms with Crippen LogP contribution in [0.4, 0.5) is 0 Å². The zero-order valence-electron chi connectivity index (χ0n) is 35.9. The van der Waals surface area contributed by atoms with E-state index in [1.165, 1.54) is 19.4 Å². The molecule has 10 N–H and O–H groups in total. The van der Waals surface area contributed by atoms with Crippen LogP contribution < -0.4 is 31.9 Å². The molecule has 63 heavy (non-hydrogen) atoms. The second-order valence-electron chi connectivity index (χ2n) is 16.0. The van der Waals surface area contributed by atoms with Gasteiger partial charge in [-0.05, 0) is 35.4 Å². The van der Waals surface area contributed by atoms with Crippen LogP contribution in [-0.2, 0) is 57.6 Å². The van der Waals surface area contributed by atoms with E-state index in [9.17, 15) is 48.6 Å². The average Bonchev–Trinajstić information content (AvgIpc) is 3.91. The molecule has 0 spiro atoms. The number of rotatable bonds is 24. The van der Waals surface area contributed by atoms with Crippen molar-refractivity contribution in [2.75, 3.05) is 0 Å². The Morgan fingerprint density at radius 2 is 1.24 bits per heavy atom. The van der Waals surface area contributed by atoms with Crippen molar-refractivity contribution < 1.29 is 48.6 Å². The number of imidazole rings is 1. The molecule has 0 saturated heterocycles. The van der Waals surface area contributed by atoms with Gasteiger partial charge in [0.05, 0.1) is 18.4 Å². The molecule has 0 unspecified atom stereocenters. The third kappa shape index (κ3) is 14.8. The summed E-state index contributed by atoms with van der Waals surface area (Å²) in [6.45, 7) is 8.28. The molecule has 0 bridgehead atoms. The fraction of sp³-hybridized carbons (Fsp3) is 0.432. The molecule has 0 aliphatic heterocycles. The molecular formula is C44H57N9O10. The number of aromatic amines is 2. The Hall–Kier alpha value is -7.05. The number of fused-ring (bicyclic) bond motifs is 1.